The predicted octanol–water partition coefficient (Wildman–Crippen LogP) is 2.86. The first-order valence-electron chi connectivity index (χ1n) is 8.35. The van der Waals surface area contributed by atoms with Gasteiger partial charge in [-0.1, -0.05) is 30.3 Å². The van der Waals surface area contributed by atoms with Crippen molar-refractivity contribution in [3.05, 3.63) is 67.1 Å². The summed E-state index contributed by atoms with van der Waals surface area (Å²) in [5.41, 5.74) is 1.28. The van der Waals surface area contributed by atoms with Crippen molar-refractivity contribution in [2.24, 2.45) is 0 Å². The van der Waals surface area contributed by atoms with Crippen LogP contribution in [0, 0.1) is 6.92 Å². The van der Waals surface area contributed by atoms with Crippen molar-refractivity contribution in [1.82, 2.24) is 5.32 Å². The standard InChI is InChI=1S/C20H26NO3/c1-2-23-20-12-10-17(11-13-20)7-6-14-21-15-18(22)16-24-19-8-4-3-5-9-19/h3-5,8-13,18,21-22H,1-2,6-7,14-16H2. The van der Waals surface area contributed by atoms with Crippen molar-refractivity contribution < 1.29 is 14.6 Å². The van der Waals surface area contributed by atoms with E-state index in [1.54, 1.807) is 0 Å². The first-order valence-corrected chi connectivity index (χ1v) is 8.35. The molecule has 24 heavy (non-hydrogen) atoms. The number of ether oxygens (including phenoxy) is 2. The van der Waals surface area contributed by atoms with Gasteiger partial charge >= 0.3 is 0 Å². The molecule has 0 saturated heterocycles. The number of hydrogen-bond acceptors (Lipinski definition) is 4. The van der Waals surface area contributed by atoms with Crippen molar-refractivity contribution in [2.75, 3.05) is 26.3 Å². The average molecular weight is 328 g/mol. The summed E-state index contributed by atoms with van der Waals surface area (Å²) < 4.78 is 10.8. The van der Waals surface area contributed by atoms with E-state index in [0.717, 1.165) is 30.9 Å². The number of benzene rings is 2. The van der Waals surface area contributed by atoms with Crippen molar-refractivity contribution >= 4 is 0 Å². The lowest BCUT2D eigenvalue weighted by Crippen LogP contribution is -2.32. The van der Waals surface area contributed by atoms with Crippen LogP contribution in [0.5, 0.6) is 11.5 Å². The largest absolute Gasteiger partial charge is 0.494 e. The maximum Gasteiger partial charge on any atom is 0.119 e. The molecule has 129 valence electrons. The van der Waals surface area contributed by atoms with Gasteiger partial charge in [0.1, 0.15) is 24.2 Å². The lowest BCUT2D eigenvalue weighted by molar-refractivity contribution is 0.106. The van der Waals surface area contributed by atoms with E-state index in [1.165, 1.54) is 5.56 Å². The molecule has 0 fully saturated rings. The maximum atomic E-state index is 9.90. The van der Waals surface area contributed by atoms with E-state index in [2.05, 4.69) is 24.4 Å². The highest BCUT2D eigenvalue weighted by Gasteiger charge is 2.04. The Balaban J connectivity index is 1.54. The van der Waals surface area contributed by atoms with Crippen molar-refractivity contribution in [3.63, 3.8) is 0 Å². The van der Waals surface area contributed by atoms with E-state index in [4.69, 9.17) is 9.47 Å². The molecule has 0 bridgehead atoms. The van der Waals surface area contributed by atoms with Gasteiger partial charge in [0.15, 0.2) is 0 Å². The van der Waals surface area contributed by atoms with Crippen LogP contribution in [-0.4, -0.2) is 37.5 Å². The van der Waals surface area contributed by atoms with E-state index in [1.807, 2.05) is 42.5 Å². The van der Waals surface area contributed by atoms with Gasteiger partial charge in [0.05, 0.1) is 6.61 Å². The first-order chi connectivity index (χ1) is 11.8. The van der Waals surface area contributed by atoms with Gasteiger partial charge in [0, 0.05) is 6.54 Å². The molecule has 4 heteroatoms. The lowest BCUT2D eigenvalue weighted by Gasteiger charge is -2.13. The Bertz CT molecular complexity index is 557. The molecular weight excluding hydrogens is 302 g/mol. The average Bonchev–Trinajstić information content (AvgIpc) is 2.62. The minimum Gasteiger partial charge on any atom is -0.494 e. The number of aliphatic hydroxyl groups excluding tert-OH is 1. The number of nitrogens with one attached hydrogen (secondary N) is 1. The summed E-state index contributed by atoms with van der Waals surface area (Å²) in [6.45, 7) is 5.79. The molecule has 2 rings (SSSR count). The Kier molecular flexibility index (Phi) is 8.15. The van der Waals surface area contributed by atoms with Gasteiger partial charge in [-0.15, -0.1) is 0 Å². The number of rotatable bonds is 11. The van der Waals surface area contributed by atoms with E-state index in [0.29, 0.717) is 19.8 Å². The summed E-state index contributed by atoms with van der Waals surface area (Å²) in [6, 6.07) is 17.6. The molecular formula is C20H26NO3. The second-order valence-corrected chi connectivity index (χ2v) is 5.58. The third-order valence-electron chi connectivity index (χ3n) is 3.58. The molecule has 0 aliphatic carbocycles. The van der Waals surface area contributed by atoms with Gasteiger partial charge in [-0.3, -0.25) is 0 Å². The highest BCUT2D eigenvalue weighted by Crippen LogP contribution is 2.13. The number of hydrogen-bond donors (Lipinski definition) is 2. The second kappa shape index (κ2) is 10.7. The summed E-state index contributed by atoms with van der Waals surface area (Å²) in [6.07, 6.45) is 1.50. The van der Waals surface area contributed by atoms with E-state index in [9.17, 15) is 5.11 Å². The SMILES string of the molecule is [CH2]COc1ccc(CCCNCC(O)COc2ccccc2)cc1. The van der Waals surface area contributed by atoms with Crippen LogP contribution in [0.2, 0.25) is 0 Å². The third-order valence-corrected chi connectivity index (χ3v) is 3.58. The topological polar surface area (TPSA) is 50.7 Å². The van der Waals surface area contributed by atoms with Gasteiger partial charge in [-0.05, 0) is 56.1 Å². The molecule has 1 unspecified atom stereocenters. The zero-order valence-corrected chi connectivity index (χ0v) is 14.0. The van der Waals surface area contributed by atoms with Gasteiger partial charge in [-0.2, -0.15) is 0 Å². The summed E-state index contributed by atoms with van der Waals surface area (Å²) in [5, 5.41) is 13.2. The third kappa shape index (κ3) is 7.02. The lowest BCUT2D eigenvalue weighted by atomic mass is 10.1. The molecule has 1 radical (unpaired) electrons. The van der Waals surface area contributed by atoms with E-state index < -0.39 is 6.10 Å². The van der Waals surface area contributed by atoms with Gasteiger partial charge in [-0.25, -0.2) is 0 Å². The van der Waals surface area contributed by atoms with Crippen LogP contribution in [0.4, 0.5) is 0 Å². The van der Waals surface area contributed by atoms with Crippen LogP contribution in [0.3, 0.4) is 0 Å². The quantitative estimate of drug-likeness (QED) is 0.623. The minimum absolute atomic E-state index is 0.296. The molecule has 0 aliphatic rings. The molecule has 0 heterocycles. The van der Waals surface area contributed by atoms with Crippen LogP contribution < -0.4 is 14.8 Å². The molecule has 2 N–H and O–H groups in total. The van der Waals surface area contributed by atoms with Crippen molar-refractivity contribution in [3.8, 4) is 11.5 Å². The monoisotopic (exact) mass is 328 g/mol. The minimum atomic E-state index is -0.510. The number of aliphatic hydroxyl groups is 1. The van der Waals surface area contributed by atoms with Crippen LogP contribution >= 0.6 is 0 Å². The molecule has 2 aromatic rings. The molecule has 1 atom stereocenters. The Morgan fingerprint density at radius 1 is 0.958 bits per heavy atom. The first kappa shape index (κ1) is 18.3. The van der Waals surface area contributed by atoms with Crippen LogP contribution in [0.25, 0.3) is 0 Å². The second-order valence-electron chi connectivity index (χ2n) is 5.58. The van der Waals surface area contributed by atoms with E-state index in [-0.39, 0.29) is 0 Å². The summed E-state index contributed by atoms with van der Waals surface area (Å²) in [4.78, 5) is 0. The summed E-state index contributed by atoms with van der Waals surface area (Å²) in [7, 11) is 0. The normalized spacial score (nSPS) is 11.9. The zero-order valence-electron chi connectivity index (χ0n) is 14.0. The smallest absolute Gasteiger partial charge is 0.119 e. The number of aryl methyl sites for hydroxylation is 1. The van der Waals surface area contributed by atoms with E-state index >= 15 is 0 Å². The molecule has 0 aromatic heterocycles. The Labute approximate surface area is 144 Å². The van der Waals surface area contributed by atoms with Crippen molar-refractivity contribution in [2.45, 2.75) is 18.9 Å². The van der Waals surface area contributed by atoms with Gasteiger partial charge in [0.2, 0.25) is 0 Å². The fourth-order valence-corrected chi connectivity index (χ4v) is 2.32. The molecule has 4 nitrogen and oxygen atoms in total. The molecule has 0 amide bonds. The maximum absolute atomic E-state index is 9.90. The summed E-state index contributed by atoms with van der Waals surface area (Å²) in [5.74, 6) is 1.64. The van der Waals surface area contributed by atoms with Crippen LogP contribution in [0.1, 0.15) is 12.0 Å². The van der Waals surface area contributed by atoms with Crippen LogP contribution in [0.15, 0.2) is 54.6 Å². The highest BCUT2D eigenvalue weighted by atomic mass is 16.5. The predicted molar refractivity (Wildman–Crippen MR) is 96.4 cm³/mol. The Hall–Kier alpha value is -2.04. The highest BCUT2D eigenvalue weighted by molar-refractivity contribution is 5.27. The molecule has 2 aromatic carbocycles. The Morgan fingerprint density at radius 2 is 1.67 bits per heavy atom. The Morgan fingerprint density at radius 3 is 2.38 bits per heavy atom. The zero-order chi connectivity index (χ0) is 17.0. The fraction of sp³-hybridized carbons (Fsp3) is 0.350. The van der Waals surface area contributed by atoms with Gasteiger partial charge in [0.25, 0.3) is 0 Å². The molecule has 0 spiro atoms. The fourth-order valence-electron chi connectivity index (χ4n) is 2.32. The molecule has 0 aliphatic heterocycles. The van der Waals surface area contributed by atoms with Crippen LogP contribution in [-0.2, 0) is 6.42 Å². The van der Waals surface area contributed by atoms with Gasteiger partial charge < -0.3 is 19.9 Å². The van der Waals surface area contributed by atoms with Crippen molar-refractivity contribution in [1.29, 1.82) is 0 Å². The summed E-state index contributed by atoms with van der Waals surface area (Å²) >= 11 is 0. The number of para-hydroxylation sites is 1. The molecule has 0 saturated carbocycles.